The first-order valence-corrected chi connectivity index (χ1v) is 11.6. The molecule has 0 atom stereocenters. The van der Waals surface area contributed by atoms with Gasteiger partial charge >= 0.3 is 0 Å². The average molecular weight is 450 g/mol. The van der Waals surface area contributed by atoms with E-state index in [1.165, 1.54) is 5.56 Å². The molecule has 0 bridgehead atoms. The van der Waals surface area contributed by atoms with Crippen molar-refractivity contribution in [3.63, 3.8) is 0 Å². The molecule has 0 aliphatic heterocycles. The fourth-order valence-corrected chi connectivity index (χ4v) is 4.55. The number of aryl methyl sites for hydroxylation is 1. The van der Waals surface area contributed by atoms with Gasteiger partial charge in [0.25, 0.3) is 5.91 Å². The molecule has 2 aromatic carbocycles. The van der Waals surface area contributed by atoms with Gasteiger partial charge in [0.15, 0.2) is 5.13 Å². The predicted molar refractivity (Wildman–Crippen MR) is 129 cm³/mol. The molecule has 3 rings (SSSR count). The zero-order valence-electron chi connectivity index (χ0n) is 17.3. The molecule has 0 N–H and O–H groups in total. The molecule has 0 aliphatic rings. The molecule has 1 aromatic heterocycles. The molecule has 29 heavy (non-hydrogen) atoms. The van der Waals surface area contributed by atoms with Crippen molar-refractivity contribution in [1.82, 2.24) is 9.88 Å². The summed E-state index contributed by atoms with van der Waals surface area (Å²) < 4.78 is 1.14. The van der Waals surface area contributed by atoms with E-state index < -0.39 is 0 Å². The maximum atomic E-state index is 13.4. The van der Waals surface area contributed by atoms with Crippen LogP contribution >= 0.6 is 35.5 Å². The van der Waals surface area contributed by atoms with Gasteiger partial charge in [0.1, 0.15) is 0 Å². The Morgan fingerprint density at radius 3 is 2.62 bits per heavy atom. The number of carbonyl (C=O) groups is 1. The summed E-state index contributed by atoms with van der Waals surface area (Å²) >= 11 is 3.25. The number of fused-ring (bicyclic) bond motifs is 1. The molecule has 3 aromatic rings. The Morgan fingerprint density at radius 2 is 1.93 bits per heavy atom. The summed E-state index contributed by atoms with van der Waals surface area (Å²) in [5.41, 5.74) is 2.96. The minimum absolute atomic E-state index is 0. The van der Waals surface area contributed by atoms with Crippen molar-refractivity contribution in [2.45, 2.75) is 24.7 Å². The summed E-state index contributed by atoms with van der Waals surface area (Å²) in [6, 6.07) is 14.2. The first-order valence-electron chi connectivity index (χ1n) is 9.52. The molecule has 0 radical (unpaired) electrons. The van der Waals surface area contributed by atoms with Crippen molar-refractivity contribution in [1.29, 1.82) is 0 Å². The number of benzene rings is 2. The number of rotatable bonds is 8. The largest absolute Gasteiger partial charge is 0.309 e. The van der Waals surface area contributed by atoms with Crippen LogP contribution in [0.2, 0.25) is 0 Å². The number of halogens is 1. The number of carbonyl (C=O) groups excluding carboxylic acids is 1. The van der Waals surface area contributed by atoms with Crippen LogP contribution in [0.4, 0.5) is 5.13 Å². The second-order valence-corrected chi connectivity index (χ2v) is 8.89. The third-order valence-electron chi connectivity index (χ3n) is 4.63. The highest BCUT2D eigenvalue weighted by Crippen LogP contribution is 2.31. The van der Waals surface area contributed by atoms with Gasteiger partial charge in [-0.25, -0.2) is 4.98 Å². The summed E-state index contributed by atoms with van der Waals surface area (Å²) in [6.45, 7) is 3.74. The van der Waals surface area contributed by atoms with Gasteiger partial charge in [0.05, 0.1) is 10.2 Å². The predicted octanol–water partition coefficient (Wildman–Crippen LogP) is 5.60. The number of thiazole rings is 1. The zero-order valence-corrected chi connectivity index (χ0v) is 19.8. The minimum Gasteiger partial charge on any atom is -0.309 e. The van der Waals surface area contributed by atoms with E-state index >= 15 is 0 Å². The first-order chi connectivity index (χ1) is 13.5. The van der Waals surface area contributed by atoms with Crippen LogP contribution in [0.1, 0.15) is 29.3 Å². The second-order valence-electron chi connectivity index (χ2n) is 7.00. The summed E-state index contributed by atoms with van der Waals surface area (Å²) in [4.78, 5) is 23.2. The number of hydrogen-bond acceptors (Lipinski definition) is 5. The van der Waals surface area contributed by atoms with Gasteiger partial charge in [-0.1, -0.05) is 30.4 Å². The van der Waals surface area contributed by atoms with Crippen molar-refractivity contribution < 1.29 is 4.79 Å². The Hall–Kier alpha value is -1.60. The number of nitrogens with zero attached hydrogens (tertiary/aromatic N) is 3. The van der Waals surface area contributed by atoms with Gasteiger partial charge in [-0.3, -0.25) is 9.69 Å². The molecular formula is C22H28ClN3OS2. The number of anilines is 1. The molecule has 156 valence electrons. The second kappa shape index (κ2) is 11.0. The highest BCUT2D eigenvalue weighted by atomic mass is 35.5. The fourth-order valence-electron chi connectivity index (χ4n) is 3.03. The summed E-state index contributed by atoms with van der Waals surface area (Å²) in [5, 5.41) is 0.779. The highest BCUT2D eigenvalue weighted by molar-refractivity contribution is 7.98. The molecule has 7 heteroatoms. The van der Waals surface area contributed by atoms with E-state index in [1.54, 1.807) is 23.1 Å². The van der Waals surface area contributed by atoms with Gasteiger partial charge in [-0.15, -0.1) is 24.2 Å². The SMILES string of the molecule is CCc1ccc2nc(N(CCCN(C)C)C(=O)c3cccc(SC)c3)sc2c1.Cl. The van der Waals surface area contributed by atoms with Crippen LogP contribution < -0.4 is 4.90 Å². The van der Waals surface area contributed by atoms with Gasteiger partial charge in [-0.05, 0) is 75.6 Å². The summed E-state index contributed by atoms with van der Waals surface area (Å²) in [7, 11) is 4.11. The number of hydrogen-bond donors (Lipinski definition) is 0. The normalized spacial score (nSPS) is 10.9. The van der Waals surface area contributed by atoms with E-state index in [1.807, 2.05) is 35.4 Å². The molecular weight excluding hydrogens is 422 g/mol. The number of thioether (sulfide) groups is 1. The van der Waals surface area contributed by atoms with Crippen molar-refractivity contribution in [3.8, 4) is 0 Å². The Kier molecular flexibility index (Phi) is 8.96. The van der Waals surface area contributed by atoms with Gasteiger partial charge in [0, 0.05) is 17.0 Å². The van der Waals surface area contributed by atoms with E-state index in [0.29, 0.717) is 12.1 Å². The van der Waals surface area contributed by atoms with E-state index in [-0.39, 0.29) is 18.3 Å². The van der Waals surface area contributed by atoms with Crippen molar-refractivity contribution in [3.05, 3.63) is 53.6 Å². The smallest absolute Gasteiger partial charge is 0.260 e. The first kappa shape index (κ1) is 23.7. The maximum absolute atomic E-state index is 13.4. The van der Waals surface area contributed by atoms with Crippen molar-refractivity contribution in [2.24, 2.45) is 0 Å². The molecule has 0 spiro atoms. The Labute approximate surface area is 187 Å². The molecule has 1 amide bonds. The van der Waals surface area contributed by atoms with E-state index in [0.717, 1.165) is 39.6 Å². The van der Waals surface area contributed by atoms with Crippen LogP contribution in [-0.2, 0) is 6.42 Å². The lowest BCUT2D eigenvalue weighted by atomic mass is 10.2. The lowest BCUT2D eigenvalue weighted by Crippen LogP contribution is -2.33. The topological polar surface area (TPSA) is 36.4 Å². The molecule has 0 unspecified atom stereocenters. The van der Waals surface area contributed by atoms with Crippen LogP contribution in [0.25, 0.3) is 10.2 Å². The molecule has 0 saturated heterocycles. The van der Waals surface area contributed by atoms with Gasteiger partial charge in [0.2, 0.25) is 0 Å². The van der Waals surface area contributed by atoms with Crippen molar-refractivity contribution >= 4 is 56.8 Å². The van der Waals surface area contributed by atoms with E-state index in [4.69, 9.17) is 4.98 Å². The third-order valence-corrected chi connectivity index (χ3v) is 6.40. The lowest BCUT2D eigenvalue weighted by Gasteiger charge is -2.21. The van der Waals surface area contributed by atoms with Gasteiger partial charge < -0.3 is 4.90 Å². The van der Waals surface area contributed by atoms with E-state index in [9.17, 15) is 4.79 Å². The molecule has 0 aliphatic carbocycles. The van der Waals surface area contributed by atoms with E-state index in [2.05, 4.69) is 44.1 Å². The van der Waals surface area contributed by atoms with Crippen LogP contribution in [0.15, 0.2) is 47.4 Å². The maximum Gasteiger partial charge on any atom is 0.260 e. The Balaban J connectivity index is 0.00000300. The van der Waals surface area contributed by atoms with Crippen LogP contribution in [0, 0.1) is 0 Å². The van der Waals surface area contributed by atoms with Crippen LogP contribution in [-0.4, -0.2) is 49.2 Å². The van der Waals surface area contributed by atoms with Crippen molar-refractivity contribution in [2.75, 3.05) is 38.3 Å². The number of amides is 1. The quantitative estimate of drug-likeness (QED) is 0.419. The fraction of sp³-hybridized carbons (Fsp3) is 0.364. The zero-order chi connectivity index (χ0) is 20.1. The van der Waals surface area contributed by atoms with Gasteiger partial charge in [-0.2, -0.15) is 0 Å². The average Bonchev–Trinajstić information content (AvgIpc) is 3.13. The van der Waals surface area contributed by atoms with Crippen LogP contribution in [0.5, 0.6) is 0 Å². The number of aromatic nitrogens is 1. The Bertz CT molecular complexity index is 958. The molecule has 1 heterocycles. The molecule has 0 fully saturated rings. The molecule has 0 saturated carbocycles. The monoisotopic (exact) mass is 449 g/mol. The summed E-state index contributed by atoms with van der Waals surface area (Å²) in [6.07, 6.45) is 3.92. The highest BCUT2D eigenvalue weighted by Gasteiger charge is 2.21. The standard InChI is InChI=1S/C22H27N3OS2.ClH/c1-5-16-10-11-19-20(14-16)28-22(23-19)25(13-7-12-24(2)3)21(26)17-8-6-9-18(15-17)27-4;/h6,8-11,14-15H,5,7,12-13H2,1-4H3;1H. The Morgan fingerprint density at radius 1 is 1.14 bits per heavy atom. The summed E-state index contributed by atoms with van der Waals surface area (Å²) in [5.74, 6) is 0.0180. The van der Waals surface area contributed by atoms with Crippen LogP contribution in [0.3, 0.4) is 0 Å². The lowest BCUT2D eigenvalue weighted by molar-refractivity contribution is 0.0986. The molecule has 4 nitrogen and oxygen atoms in total. The third kappa shape index (κ3) is 5.95. The minimum atomic E-state index is 0.